The molecular formula is C29H24N6O4. The monoisotopic (exact) mass is 520 g/mol. The Kier molecular flexibility index (Phi) is 7.05. The number of aromatic nitrogens is 4. The zero-order valence-electron chi connectivity index (χ0n) is 21.3. The molecule has 0 saturated carbocycles. The van der Waals surface area contributed by atoms with Crippen LogP contribution in [0.5, 0.6) is 11.5 Å². The maximum absolute atomic E-state index is 12.1. The lowest BCUT2D eigenvalue weighted by Crippen LogP contribution is -2.29. The van der Waals surface area contributed by atoms with Gasteiger partial charge in [-0.15, -0.1) is 0 Å². The van der Waals surface area contributed by atoms with Gasteiger partial charge in [0.1, 0.15) is 23.3 Å². The molecule has 0 aliphatic heterocycles. The quantitative estimate of drug-likeness (QED) is 0.301. The topological polar surface area (TPSA) is 126 Å². The number of fused-ring (bicyclic) bond motifs is 1. The molecule has 0 fully saturated rings. The van der Waals surface area contributed by atoms with E-state index in [2.05, 4.69) is 16.2 Å². The molecular weight excluding hydrogens is 496 g/mol. The number of hydrogen-bond donors (Lipinski definition) is 1. The van der Waals surface area contributed by atoms with Crippen molar-refractivity contribution in [2.24, 2.45) is 0 Å². The van der Waals surface area contributed by atoms with Crippen molar-refractivity contribution in [3.63, 3.8) is 0 Å². The van der Waals surface area contributed by atoms with E-state index in [1.54, 1.807) is 60.5 Å². The van der Waals surface area contributed by atoms with Crippen molar-refractivity contribution < 1.29 is 19.4 Å². The second kappa shape index (κ2) is 10.9. The number of carbonyl (C=O) groups is 1. The lowest BCUT2D eigenvalue weighted by Gasteiger charge is -2.21. The Morgan fingerprint density at radius 2 is 1.85 bits per heavy atom. The average molecular weight is 521 g/mol. The van der Waals surface area contributed by atoms with E-state index < -0.39 is 6.09 Å². The fourth-order valence-electron chi connectivity index (χ4n) is 4.27. The number of benzene rings is 2. The van der Waals surface area contributed by atoms with Crippen molar-refractivity contribution in [2.75, 3.05) is 14.2 Å². The van der Waals surface area contributed by atoms with Crippen LogP contribution in [0.25, 0.3) is 28.0 Å². The summed E-state index contributed by atoms with van der Waals surface area (Å²) in [4.78, 5) is 22.5. The van der Waals surface area contributed by atoms with Gasteiger partial charge in [0.15, 0.2) is 5.82 Å². The van der Waals surface area contributed by atoms with Gasteiger partial charge in [0.25, 0.3) is 0 Å². The van der Waals surface area contributed by atoms with Crippen LogP contribution in [0.2, 0.25) is 0 Å². The summed E-state index contributed by atoms with van der Waals surface area (Å²) in [6.07, 6.45) is 0.666. The highest BCUT2D eigenvalue weighted by atomic mass is 16.5. The number of ether oxygens (including phenoxy) is 2. The number of hydrogen-bond acceptors (Lipinski definition) is 7. The summed E-state index contributed by atoms with van der Waals surface area (Å²) in [5, 5.41) is 24.5. The van der Waals surface area contributed by atoms with Gasteiger partial charge in [-0.05, 0) is 42.5 Å². The van der Waals surface area contributed by atoms with E-state index in [1.165, 1.54) is 12.0 Å². The molecule has 0 unspecified atom stereocenters. The van der Waals surface area contributed by atoms with Crippen LogP contribution in [0.4, 0.5) is 4.79 Å². The molecule has 3 aromatic heterocycles. The van der Waals surface area contributed by atoms with Crippen molar-refractivity contribution >= 4 is 17.0 Å². The van der Waals surface area contributed by atoms with Gasteiger partial charge in [0, 0.05) is 22.6 Å². The first-order valence-electron chi connectivity index (χ1n) is 12.0. The Hall–Kier alpha value is -5.43. The number of nitrogens with zero attached hydrogens (tertiary/aromatic N) is 6. The third kappa shape index (κ3) is 5.33. The number of methoxy groups -OCH3 is 2. The van der Waals surface area contributed by atoms with Crippen molar-refractivity contribution in [3.8, 4) is 34.6 Å². The van der Waals surface area contributed by atoms with Crippen LogP contribution in [-0.2, 0) is 13.1 Å². The van der Waals surface area contributed by atoms with Crippen LogP contribution in [-0.4, -0.2) is 50.1 Å². The second-order valence-electron chi connectivity index (χ2n) is 8.65. The van der Waals surface area contributed by atoms with Gasteiger partial charge in [-0.1, -0.05) is 24.3 Å². The Labute approximate surface area is 224 Å². The molecule has 0 aliphatic carbocycles. The Balaban J connectivity index is 1.43. The first kappa shape index (κ1) is 25.2. The van der Waals surface area contributed by atoms with Gasteiger partial charge < -0.3 is 14.6 Å². The van der Waals surface area contributed by atoms with Gasteiger partial charge in [-0.25, -0.2) is 14.5 Å². The average Bonchev–Trinajstić information content (AvgIpc) is 3.40. The normalized spacial score (nSPS) is 10.7. The zero-order valence-corrected chi connectivity index (χ0v) is 21.3. The minimum Gasteiger partial charge on any atom is -0.497 e. The van der Waals surface area contributed by atoms with Gasteiger partial charge in [0.05, 0.1) is 50.4 Å². The highest BCUT2D eigenvalue weighted by Gasteiger charge is 2.17. The van der Waals surface area contributed by atoms with E-state index >= 15 is 0 Å². The largest absolute Gasteiger partial charge is 0.497 e. The van der Waals surface area contributed by atoms with Crippen LogP contribution >= 0.6 is 0 Å². The minimum atomic E-state index is -1.07. The maximum Gasteiger partial charge on any atom is 0.407 e. The molecule has 0 atom stereocenters. The molecule has 5 rings (SSSR count). The number of amides is 1. The number of nitriles is 1. The third-order valence-corrected chi connectivity index (χ3v) is 6.22. The van der Waals surface area contributed by atoms with Crippen LogP contribution in [0.15, 0.2) is 79.0 Å². The second-order valence-corrected chi connectivity index (χ2v) is 8.65. The molecule has 2 aromatic carbocycles. The van der Waals surface area contributed by atoms with Gasteiger partial charge >= 0.3 is 6.09 Å². The first-order chi connectivity index (χ1) is 19.0. The Morgan fingerprint density at radius 1 is 1.00 bits per heavy atom. The number of pyridine rings is 2. The van der Waals surface area contributed by atoms with Crippen molar-refractivity contribution in [1.29, 1.82) is 5.26 Å². The Bertz CT molecular complexity index is 1710. The van der Waals surface area contributed by atoms with E-state index in [0.717, 1.165) is 16.5 Å². The SMILES string of the molecule is COc1ccc(CN(Cc2cccc(-c3ccc4cnn(-c5cccc(C#N)n5)c4c3)n2)C(=O)O)c(OC)c1. The van der Waals surface area contributed by atoms with Crippen molar-refractivity contribution in [2.45, 2.75) is 13.1 Å². The fraction of sp³-hybridized carbons (Fsp3) is 0.138. The van der Waals surface area contributed by atoms with Gasteiger partial charge in [-0.2, -0.15) is 10.4 Å². The summed E-state index contributed by atoms with van der Waals surface area (Å²) in [5.41, 5.74) is 3.94. The summed E-state index contributed by atoms with van der Waals surface area (Å²) in [7, 11) is 3.10. The van der Waals surface area contributed by atoms with E-state index in [9.17, 15) is 15.2 Å². The summed E-state index contributed by atoms with van der Waals surface area (Å²) >= 11 is 0. The van der Waals surface area contributed by atoms with E-state index in [1.807, 2.05) is 30.3 Å². The minimum absolute atomic E-state index is 0.0867. The predicted octanol–water partition coefficient (Wildman–Crippen LogP) is 5.05. The smallest absolute Gasteiger partial charge is 0.407 e. The molecule has 5 aromatic rings. The summed E-state index contributed by atoms with van der Waals surface area (Å²) in [6, 6.07) is 23.9. The molecule has 10 heteroatoms. The van der Waals surface area contributed by atoms with Crippen LogP contribution < -0.4 is 9.47 Å². The van der Waals surface area contributed by atoms with Crippen molar-refractivity contribution in [3.05, 3.63) is 95.9 Å². The molecule has 0 spiro atoms. The molecule has 0 saturated heterocycles. The molecule has 3 heterocycles. The van der Waals surface area contributed by atoms with E-state index in [-0.39, 0.29) is 13.1 Å². The molecule has 194 valence electrons. The summed E-state index contributed by atoms with van der Waals surface area (Å²) in [5.74, 6) is 1.70. The fourth-order valence-corrected chi connectivity index (χ4v) is 4.27. The first-order valence-corrected chi connectivity index (χ1v) is 12.0. The van der Waals surface area contributed by atoms with Crippen molar-refractivity contribution in [1.82, 2.24) is 24.6 Å². The molecule has 39 heavy (non-hydrogen) atoms. The number of rotatable bonds is 8. The molecule has 1 amide bonds. The molecule has 0 bridgehead atoms. The lowest BCUT2D eigenvalue weighted by atomic mass is 10.1. The molecule has 10 nitrogen and oxygen atoms in total. The third-order valence-electron chi connectivity index (χ3n) is 6.22. The predicted molar refractivity (Wildman–Crippen MR) is 144 cm³/mol. The van der Waals surface area contributed by atoms with Crippen LogP contribution in [0.3, 0.4) is 0 Å². The number of carboxylic acid groups (broad SMARTS) is 1. The van der Waals surface area contributed by atoms with E-state index in [4.69, 9.17) is 14.5 Å². The van der Waals surface area contributed by atoms with Crippen LogP contribution in [0, 0.1) is 11.3 Å². The van der Waals surface area contributed by atoms with Crippen LogP contribution in [0.1, 0.15) is 17.0 Å². The van der Waals surface area contributed by atoms with Gasteiger partial charge in [-0.3, -0.25) is 9.88 Å². The lowest BCUT2D eigenvalue weighted by molar-refractivity contribution is 0.138. The maximum atomic E-state index is 12.1. The molecule has 0 aliphatic rings. The summed E-state index contributed by atoms with van der Waals surface area (Å²) < 4.78 is 12.4. The summed E-state index contributed by atoms with van der Waals surface area (Å²) in [6.45, 7) is 0.206. The highest BCUT2D eigenvalue weighted by molar-refractivity contribution is 5.84. The zero-order chi connectivity index (χ0) is 27.4. The highest BCUT2D eigenvalue weighted by Crippen LogP contribution is 2.27. The standard InChI is InChI=1S/C29H24N6O4/c1-38-24-12-11-21(27(14-24)39-2)17-34(29(36)37)18-23-6-3-7-25(32-23)19-9-10-20-16-31-35(26(20)13-19)28-8-4-5-22(15-30)33-28/h3-14,16H,17-18H2,1-2H3,(H,36,37). The Morgan fingerprint density at radius 3 is 2.62 bits per heavy atom. The van der Waals surface area contributed by atoms with Gasteiger partial charge in [0.2, 0.25) is 0 Å². The van der Waals surface area contributed by atoms with E-state index in [0.29, 0.717) is 40.0 Å². The molecule has 0 radical (unpaired) electrons. The molecule has 1 N–H and O–H groups in total.